The van der Waals surface area contributed by atoms with Gasteiger partial charge in [0.25, 0.3) is 0 Å². The Labute approximate surface area is 138 Å². The van der Waals surface area contributed by atoms with E-state index in [4.69, 9.17) is 0 Å². The molecule has 1 aromatic heterocycles. The lowest BCUT2D eigenvalue weighted by atomic mass is 9.96. The molecule has 0 saturated heterocycles. The minimum absolute atomic E-state index is 0.378. The van der Waals surface area contributed by atoms with Crippen LogP contribution in [0.3, 0.4) is 0 Å². The van der Waals surface area contributed by atoms with Crippen molar-refractivity contribution < 1.29 is 4.79 Å². The predicted molar refractivity (Wildman–Crippen MR) is 92.9 cm³/mol. The molecule has 0 N–H and O–H groups in total. The first-order chi connectivity index (χ1) is 10.6. The lowest BCUT2D eigenvalue weighted by Crippen LogP contribution is -1.95. The first kappa shape index (κ1) is 14.1. The Balaban J connectivity index is 2.00. The minimum Gasteiger partial charge on any atom is -0.298 e. The van der Waals surface area contributed by atoms with Gasteiger partial charge in [-0.2, -0.15) is 0 Å². The number of allylic oxidation sites excluding steroid dienone is 2. The molecule has 2 aliphatic carbocycles. The highest BCUT2D eigenvalue weighted by Crippen LogP contribution is 2.44. The summed E-state index contributed by atoms with van der Waals surface area (Å²) in [5, 5.41) is 2.55. The van der Waals surface area contributed by atoms with Gasteiger partial charge in [0, 0.05) is 11.6 Å². The van der Waals surface area contributed by atoms with Crippen molar-refractivity contribution in [2.45, 2.75) is 39.0 Å². The molecule has 2 nitrogen and oxygen atoms in total. The van der Waals surface area contributed by atoms with Crippen LogP contribution >= 0.6 is 15.9 Å². The van der Waals surface area contributed by atoms with Crippen LogP contribution in [-0.4, -0.2) is 11.3 Å². The lowest BCUT2D eigenvalue weighted by molar-refractivity contribution is -0.105. The van der Waals surface area contributed by atoms with Gasteiger partial charge in [0.05, 0.1) is 0 Å². The van der Waals surface area contributed by atoms with E-state index in [0.29, 0.717) is 11.8 Å². The summed E-state index contributed by atoms with van der Waals surface area (Å²) in [5.74, 6) is 0.902. The van der Waals surface area contributed by atoms with Crippen molar-refractivity contribution in [1.82, 2.24) is 4.98 Å². The van der Waals surface area contributed by atoms with Crippen LogP contribution in [-0.2, 0) is 11.2 Å². The molecule has 0 bridgehead atoms. The number of carbonyl (C=O) groups excluding carboxylic acids is 1. The predicted octanol–water partition coefficient (Wildman–Crippen LogP) is 5.04. The van der Waals surface area contributed by atoms with Crippen LogP contribution in [0.5, 0.6) is 0 Å². The zero-order valence-corrected chi connectivity index (χ0v) is 14.4. The number of hydrogen-bond acceptors (Lipinski definition) is 2. The summed E-state index contributed by atoms with van der Waals surface area (Å²) >= 11 is 3.60. The number of rotatable bonds is 2. The van der Waals surface area contributed by atoms with E-state index in [0.717, 1.165) is 35.7 Å². The van der Waals surface area contributed by atoms with Crippen LogP contribution in [0.1, 0.15) is 49.3 Å². The number of aromatic nitrogens is 1. The summed E-state index contributed by atoms with van der Waals surface area (Å²) in [6, 6.07) is 4.52. The minimum atomic E-state index is 0.378. The molecule has 2 atom stereocenters. The van der Waals surface area contributed by atoms with Gasteiger partial charge in [-0.25, -0.2) is 4.98 Å². The highest BCUT2D eigenvalue weighted by atomic mass is 79.9. The maximum Gasteiger partial charge on any atom is 0.146 e. The number of aldehydes is 1. The van der Waals surface area contributed by atoms with Crippen LogP contribution in [0.25, 0.3) is 16.3 Å². The number of benzene rings is 1. The smallest absolute Gasteiger partial charge is 0.146 e. The summed E-state index contributed by atoms with van der Waals surface area (Å²) < 4.78 is 0.905. The monoisotopic (exact) mass is 355 g/mol. The summed E-state index contributed by atoms with van der Waals surface area (Å²) in [7, 11) is 0. The fraction of sp³-hybridized carbons (Fsp3) is 0.368. The molecule has 0 radical (unpaired) electrons. The average Bonchev–Trinajstić information content (AvgIpc) is 3.03. The molecule has 0 fully saturated rings. The van der Waals surface area contributed by atoms with Crippen molar-refractivity contribution in [3.63, 3.8) is 0 Å². The van der Waals surface area contributed by atoms with E-state index in [9.17, 15) is 4.79 Å². The second-order valence-electron chi connectivity index (χ2n) is 6.66. The van der Waals surface area contributed by atoms with E-state index in [1.54, 1.807) is 0 Å². The third-order valence-electron chi connectivity index (χ3n) is 5.29. The Kier molecular flexibility index (Phi) is 3.23. The number of halogens is 1. The molecular formula is C19H18BrNO. The van der Waals surface area contributed by atoms with Gasteiger partial charge in [-0.1, -0.05) is 19.9 Å². The largest absolute Gasteiger partial charge is 0.298 e. The molecule has 1 aromatic carbocycles. The zero-order valence-electron chi connectivity index (χ0n) is 12.8. The Bertz CT molecular complexity index is 837. The Morgan fingerprint density at radius 1 is 1.27 bits per heavy atom. The van der Waals surface area contributed by atoms with Crippen molar-refractivity contribution in [1.29, 1.82) is 0 Å². The highest BCUT2D eigenvalue weighted by molar-refractivity contribution is 9.10. The fourth-order valence-corrected chi connectivity index (χ4v) is 4.49. The number of carbonyl (C=O) groups is 1. The molecule has 0 aliphatic heterocycles. The van der Waals surface area contributed by atoms with Crippen LogP contribution in [0, 0.1) is 5.92 Å². The first-order valence-corrected chi connectivity index (χ1v) is 8.69. The van der Waals surface area contributed by atoms with Crippen molar-refractivity contribution >= 4 is 38.6 Å². The van der Waals surface area contributed by atoms with Gasteiger partial charge in [-0.05, 0) is 86.3 Å². The maximum absolute atomic E-state index is 11.5. The van der Waals surface area contributed by atoms with Crippen molar-refractivity contribution in [3.05, 3.63) is 45.2 Å². The Morgan fingerprint density at radius 2 is 2.09 bits per heavy atom. The topological polar surface area (TPSA) is 30.0 Å². The van der Waals surface area contributed by atoms with Gasteiger partial charge in [0.2, 0.25) is 0 Å². The molecule has 3 heteroatoms. The quantitative estimate of drug-likeness (QED) is 0.557. The van der Waals surface area contributed by atoms with E-state index >= 15 is 0 Å². The Hall–Kier alpha value is -1.48. The fourth-order valence-electron chi connectivity index (χ4n) is 4.07. The molecule has 4 rings (SSSR count). The molecule has 0 amide bonds. The highest BCUT2D eigenvalue weighted by Gasteiger charge is 2.27. The van der Waals surface area contributed by atoms with Gasteiger partial charge >= 0.3 is 0 Å². The first-order valence-electron chi connectivity index (χ1n) is 7.89. The van der Waals surface area contributed by atoms with Crippen molar-refractivity contribution in [2.75, 3.05) is 0 Å². The van der Waals surface area contributed by atoms with Crippen LogP contribution in [0.15, 0.2) is 28.5 Å². The summed E-state index contributed by atoms with van der Waals surface area (Å²) in [4.78, 5) is 16.0. The van der Waals surface area contributed by atoms with E-state index in [1.807, 2.05) is 6.20 Å². The molecular weight excluding hydrogens is 338 g/mol. The molecule has 112 valence electrons. The normalized spacial score (nSPS) is 23.6. The van der Waals surface area contributed by atoms with Crippen molar-refractivity contribution in [2.24, 2.45) is 5.92 Å². The SMILES string of the molecule is C[C@@H]1CCC(c2cc3c4c(cnc(Br)c4c2)[C@H](C)C3)=C1C=O. The molecule has 0 spiro atoms. The summed E-state index contributed by atoms with van der Waals surface area (Å²) in [6.07, 6.45) is 6.20. The van der Waals surface area contributed by atoms with Gasteiger partial charge < -0.3 is 0 Å². The van der Waals surface area contributed by atoms with Gasteiger partial charge in [0.15, 0.2) is 0 Å². The summed E-state index contributed by atoms with van der Waals surface area (Å²) in [6.45, 7) is 4.41. The molecule has 0 saturated carbocycles. The average molecular weight is 356 g/mol. The van der Waals surface area contributed by atoms with E-state index in [-0.39, 0.29) is 0 Å². The summed E-state index contributed by atoms with van der Waals surface area (Å²) in [5.41, 5.74) is 6.18. The lowest BCUT2D eigenvalue weighted by Gasteiger charge is -2.10. The molecule has 22 heavy (non-hydrogen) atoms. The second-order valence-corrected chi connectivity index (χ2v) is 7.41. The van der Waals surface area contributed by atoms with E-state index in [1.165, 1.54) is 33.0 Å². The second kappa shape index (κ2) is 5.02. The number of hydrogen-bond donors (Lipinski definition) is 0. The molecule has 2 aromatic rings. The van der Waals surface area contributed by atoms with E-state index < -0.39 is 0 Å². The molecule has 0 unspecified atom stereocenters. The molecule has 1 heterocycles. The van der Waals surface area contributed by atoms with E-state index in [2.05, 4.69) is 46.9 Å². The molecule has 2 aliphatic rings. The van der Waals surface area contributed by atoms with Gasteiger partial charge in [-0.3, -0.25) is 4.79 Å². The Morgan fingerprint density at radius 3 is 2.86 bits per heavy atom. The van der Waals surface area contributed by atoms with Crippen LogP contribution in [0.2, 0.25) is 0 Å². The van der Waals surface area contributed by atoms with Crippen molar-refractivity contribution in [3.8, 4) is 0 Å². The van der Waals surface area contributed by atoms with Gasteiger partial charge in [-0.15, -0.1) is 0 Å². The van der Waals surface area contributed by atoms with Gasteiger partial charge in [0.1, 0.15) is 10.9 Å². The number of pyridine rings is 1. The standard InChI is InChI=1S/C19H18BrNO/c1-10-3-4-14(17(10)9-22)12-6-13-5-11(2)16-8-21-19(20)15(7-12)18(13)16/h6-11H,3-5H2,1-2H3/t10-,11-/m1/s1. The number of nitrogens with zero attached hydrogens (tertiary/aromatic N) is 1. The van der Waals surface area contributed by atoms with Crippen LogP contribution < -0.4 is 0 Å². The maximum atomic E-state index is 11.5. The third kappa shape index (κ3) is 1.91. The third-order valence-corrected chi connectivity index (χ3v) is 5.92. The van der Waals surface area contributed by atoms with Crippen LogP contribution in [0.4, 0.5) is 0 Å². The zero-order chi connectivity index (χ0) is 15.4.